The highest BCUT2D eigenvalue weighted by Crippen LogP contribution is 2.34. The van der Waals surface area contributed by atoms with Gasteiger partial charge < -0.3 is 15.1 Å². The van der Waals surface area contributed by atoms with E-state index in [1.54, 1.807) is 0 Å². The maximum absolute atomic E-state index is 3.60. The molecule has 0 bridgehead atoms. The molecule has 0 saturated carbocycles. The van der Waals surface area contributed by atoms with E-state index in [-0.39, 0.29) is 0 Å². The molecule has 1 atom stereocenters. The van der Waals surface area contributed by atoms with Crippen LogP contribution >= 0.6 is 0 Å². The summed E-state index contributed by atoms with van der Waals surface area (Å²) in [5.74, 6) is 0. The van der Waals surface area contributed by atoms with Crippen molar-refractivity contribution < 1.29 is 0 Å². The fraction of sp³-hybridized carbons (Fsp3) is 0.600. The Balaban J connectivity index is 1.85. The van der Waals surface area contributed by atoms with Crippen LogP contribution in [0.3, 0.4) is 0 Å². The van der Waals surface area contributed by atoms with Gasteiger partial charge in [0, 0.05) is 25.7 Å². The number of hydrogen-bond donors (Lipinski definition) is 1. The molecule has 0 aliphatic carbocycles. The third kappa shape index (κ3) is 2.07. The zero-order valence-corrected chi connectivity index (χ0v) is 11.4. The van der Waals surface area contributed by atoms with Gasteiger partial charge >= 0.3 is 0 Å². The lowest BCUT2D eigenvalue weighted by molar-refractivity contribution is 0.315. The number of hydrogen-bond acceptors (Lipinski definition) is 3. The number of likely N-dealkylation sites (N-methyl/N-ethyl adjacent to an activating group) is 1. The molecule has 0 amide bonds. The summed E-state index contributed by atoms with van der Waals surface area (Å²) in [5, 5.41) is 3.60. The maximum Gasteiger partial charge on any atom is 0.0610 e. The zero-order valence-electron chi connectivity index (χ0n) is 11.4. The van der Waals surface area contributed by atoms with Crippen molar-refractivity contribution in [1.82, 2.24) is 4.90 Å². The van der Waals surface area contributed by atoms with E-state index in [0.29, 0.717) is 6.04 Å². The second-order valence-corrected chi connectivity index (χ2v) is 5.69. The van der Waals surface area contributed by atoms with E-state index in [9.17, 15) is 0 Å². The third-order valence-corrected chi connectivity index (χ3v) is 4.29. The second kappa shape index (κ2) is 4.81. The SMILES string of the molecule is CN(C)C1CCN(c2cccc3c2NCCC3)C1. The fourth-order valence-electron chi connectivity index (χ4n) is 3.14. The number of benzene rings is 1. The molecular weight excluding hydrogens is 222 g/mol. The lowest BCUT2D eigenvalue weighted by Gasteiger charge is -2.28. The molecule has 3 rings (SSSR count). The summed E-state index contributed by atoms with van der Waals surface area (Å²) >= 11 is 0. The van der Waals surface area contributed by atoms with E-state index >= 15 is 0 Å². The van der Waals surface area contributed by atoms with Crippen LogP contribution in [0.5, 0.6) is 0 Å². The predicted octanol–water partition coefficient (Wildman–Crippen LogP) is 2.19. The topological polar surface area (TPSA) is 18.5 Å². The molecule has 3 nitrogen and oxygen atoms in total. The number of rotatable bonds is 2. The molecule has 0 spiro atoms. The summed E-state index contributed by atoms with van der Waals surface area (Å²) in [4.78, 5) is 4.89. The van der Waals surface area contributed by atoms with Crippen molar-refractivity contribution in [2.24, 2.45) is 0 Å². The molecule has 0 aromatic heterocycles. The highest BCUT2D eigenvalue weighted by Gasteiger charge is 2.26. The van der Waals surface area contributed by atoms with Crippen LogP contribution < -0.4 is 10.2 Å². The molecule has 1 aromatic rings. The number of aryl methyl sites for hydroxylation is 1. The fourth-order valence-corrected chi connectivity index (χ4v) is 3.14. The van der Waals surface area contributed by atoms with Gasteiger partial charge in [-0.1, -0.05) is 12.1 Å². The van der Waals surface area contributed by atoms with Crippen molar-refractivity contribution >= 4 is 11.4 Å². The molecule has 1 unspecified atom stereocenters. The van der Waals surface area contributed by atoms with Gasteiger partial charge in [0.15, 0.2) is 0 Å². The normalized spacial score (nSPS) is 23.1. The van der Waals surface area contributed by atoms with Crippen molar-refractivity contribution in [1.29, 1.82) is 0 Å². The first-order chi connectivity index (χ1) is 8.75. The summed E-state index contributed by atoms with van der Waals surface area (Å²) in [6.07, 6.45) is 3.76. The number of para-hydroxylation sites is 1. The van der Waals surface area contributed by atoms with Crippen molar-refractivity contribution in [3.63, 3.8) is 0 Å². The van der Waals surface area contributed by atoms with Crippen LogP contribution in [-0.4, -0.2) is 44.7 Å². The van der Waals surface area contributed by atoms with Gasteiger partial charge in [0.1, 0.15) is 0 Å². The van der Waals surface area contributed by atoms with E-state index < -0.39 is 0 Å². The average Bonchev–Trinajstić information content (AvgIpc) is 2.87. The monoisotopic (exact) mass is 245 g/mol. The summed E-state index contributed by atoms with van der Waals surface area (Å²) in [6, 6.07) is 7.45. The Morgan fingerprint density at radius 3 is 3.00 bits per heavy atom. The van der Waals surface area contributed by atoms with Crippen molar-refractivity contribution in [3.05, 3.63) is 23.8 Å². The van der Waals surface area contributed by atoms with Gasteiger partial charge in [-0.3, -0.25) is 0 Å². The van der Waals surface area contributed by atoms with Gasteiger partial charge in [0.25, 0.3) is 0 Å². The van der Waals surface area contributed by atoms with Crippen LogP contribution in [-0.2, 0) is 6.42 Å². The molecular formula is C15H23N3. The highest BCUT2D eigenvalue weighted by molar-refractivity contribution is 5.75. The third-order valence-electron chi connectivity index (χ3n) is 4.29. The Morgan fingerprint density at radius 2 is 2.22 bits per heavy atom. The Labute approximate surface area is 110 Å². The Kier molecular flexibility index (Phi) is 3.16. The second-order valence-electron chi connectivity index (χ2n) is 5.69. The summed E-state index contributed by atoms with van der Waals surface area (Å²) in [7, 11) is 4.37. The molecule has 3 heteroatoms. The number of fused-ring (bicyclic) bond motifs is 1. The summed E-state index contributed by atoms with van der Waals surface area (Å²) in [5.41, 5.74) is 4.30. The van der Waals surface area contributed by atoms with E-state index in [2.05, 4.69) is 47.4 Å². The molecule has 1 aromatic carbocycles. The quantitative estimate of drug-likeness (QED) is 0.861. The number of nitrogens with one attached hydrogen (secondary N) is 1. The molecule has 2 aliphatic rings. The number of nitrogens with zero attached hydrogens (tertiary/aromatic N) is 2. The lowest BCUT2D eigenvalue weighted by atomic mass is 10.0. The minimum atomic E-state index is 0.699. The average molecular weight is 245 g/mol. The first-order valence-corrected chi connectivity index (χ1v) is 7.03. The zero-order chi connectivity index (χ0) is 12.5. The highest BCUT2D eigenvalue weighted by atomic mass is 15.2. The maximum atomic E-state index is 3.60. The predicted molar refractivity (Wildman–Crippen MR) is 77.6 cm³/mol. The molecule has 1 saturated heterocycles. The van der Waals surface area contributed by atoms with Gasteiger partial charge in [0.05, 0.1) is 11.4 Å². The van der Waals surface area contributed by atoms with Crippen LogP contribution in [0.2, 0.25) is 0 Å². The minimum absolute atomic E-state index is 0.699. The van der Waals surface area contributed by atoms with Gasteiger partial charge in [0.2, 0.25) is 0 Å². The lowest BCUT2D eigenvalue weighted by Crippen LogP contribution is -2.32. The van der Waals surface area contributed by atoms with E-state index in [0.717, 1.165) is 13.1 Å². The largest absolute Gasteiger partial charge is 0.383 e. The minimum Gasteiger partial charge on any atom is -0.383 e. The molecule has 98 valence electrons. The first kappa shape index (κ1) is 11.8. The van der Waals surface area contributed by atoms with Crippen LogP contribution in [0.4, 0.5) is 11.4 Å². The Hall–Kier alpha value is -1.22. The van der Waals surface area contributed by atoms with E-state index in [1.165, 1.54) is 42.7 Å². The van der Waals surface area contributed by atoms with Gasteiger partial charge in [-0.2, -0.15) is 0 Å². The van der Waals surface area contributed by atoms with E-state index in [4.69, 9.17) is 0 Å². The van der Waals surface area contributed by atoms with Crippen molar-refractivity contribution in [2.45, 2.75) is 25.3 Å². The van der Waals surface area contributed by atoms with Crippen molar-refractivity contribution in [3.8, 4) is 0 Å². The Bertz CT molecular complexity index is 428. The summed E-state index contributed by atoms with van der Waals surface area (Å²) < 4.78 is 0. The molecule has 2 heterocycles. The molecule has 1 fully saturated rings. The van der Waals surface area contributed by atoms with E-state index in [1.807, 2.05) is 0 Å². The number of anilines is 2. The standard InChI is InChI=1S/C15H23N3/c1-17(2)13-8-10-18(11-13)14-7-3-5-12-6-4-9-16-15(12)14/h3,5,7,13,16H,4,6,8-11H2,1-2H3. The molecule has 0 radical (unpaired) electrons. The van der Waals surface area contributed by atoms with Crippen LogP contribution in [0.1, 0.15) is 18.4 Å². The van der Waals surface area contributed by atoms with Crippen LogP contribution in [0.15, 0.2) is 18.2 Å². The van der Waals surface area contributed by atoms with Gasteiger partial charge in [-0.25, -0.2) is 0 Å². The molecule has 2 aliphatic heterocycles. The van der Waals surface area contributed by atoms with Crippen LogP contribution in [0.25, 0.3) is 0 Å². The van der Waals surface area contributed by atoms with Crippen LogP contribution in [0, 0.1) is 0 Å². The molecule has 18 heavy (non-hydrogen) atoms. The molecule has 1 N–H and O–H groups in total. The van der Waals surface area contributed by atoms with Gasteiger partial charge in [-0.15, -0.1) is 0 Å². The Morgan fingerprint density at radius 1 is 1.33 bits per heavy atom. The smallest absolute Gasteiger partial charge is 0.0610 e. The van der Waals surface area contributed by atoms with Gasteiger partial charge in [-0.05, 0) is 45.0 Å². The summed E-state index contributed by atoms with van der Waals surface area (Å²) in [6.45, 7) is 3.46. The van der Waals surface area contributed by atoms with Crippen molar-refractivity contribution in [2.75, 3.05) is 43.9 Å². The first-order valence-electron chi connectivity index (χ1n) is 7.03.